The van der Waals surface area contributed by atoms with E-state index in [1.807, 2.05) is 31.3 Å². The Morgan fingerprint density at radius 3 is 2.96 bits per heavy atom. The molecule has 0 saturated carbocycles. The quantitative estimate of drug-likeness (QED) is 0.765. The van der Waals surface area contributed by atoms with Gasteiger partial charge in [0.05, 0.1) is 12.6 Å². The zero-order chi connectivity index (χ0) is 17.1. The molecule has 0 aliphatic carbocycles. The van der Waals surface area contributed by atoms with Gasteiger partial charge in [-0.1, -0.05) is 0 Å². The molecule has 1 aromatic carbocycles. The highest BCUT2D eigenvalue weighted by Gasteiger charge is 2.35. The van der Waals surface area contributed by atoms with Gasteiger partial charge in [0.1, 0.15) is 5.75 Å². The van der Waals surface area contributed by atoms with Crippen molar-refractivity contribution in [2.24, 2.45) is 5.73 Å². The van der Waals surface area contributed by atoms with Crippen molar-refractivity contribution in [2.45, 2.75) is 38.4 Å². The Morgan fingerprint density at radius 2 is 2.27 bits per heavy atom. The fourth-order valence-corrected chi connectivity index (χ4v) is 3.26. The van der Waals surface area contributed by atoms with Crippen LogP contribution in [-0.2, 0) is 11.2 Å². The minimum atomic E-state index is -0.637. The predicted octanol–water partition coefficient (Wildman–Crippen LogP) is 2.53. The number of benzene rings is 1. The zero-order valence-corrected chi connectivity index (χ0v) is 16.8. The Labute approximate surface area is 167 Å². The van der Waals surface area contributed by atoms with Crippen LogP contribution in [0.1, 0.15) is 25.3 Å². The van der Waals surface area contributed by atoms with Gasteiger partial charge >= 0.3 is 6.17 Å². The number of nitrogens with two attached hydrogens (primary N) is 1. The number of hydrogen-bond acceptors (Lipinski definition) is 3. The highest BCUT2D eigenvalue weighted by molar-refractivity contribution is 7.59. The standard InChI is InChI=1S/C18H22N4O2.2H2S/c1-3-24-13-6-7-16-14(10-13)12(11-21-16)9-15(19)18(23)22-8-4-5-17(22)20-2;;/h6-7,10-11,15,17,21H,3-5,8-9,19H2,1H3;2*1H2/t15-,17-;;/m0../s1. The number of carbonyl (C=O) groups excluding carboxylic acids is 1. The smallest absolute Gasteiger partial charge is 0.300 e. The Balaban J connectivity index is 0.00000169. The van der Waals surface area contributed by atoms with E-state index in [9.17, 15) is 4.79 Å². The molecule has 2 heterocycles. The number of hydrogen-bond donors (Lipinski definition) is 2. The molecule has 6 nitrogen and oxygen atoms in total. The van der Waals surface area contributed by atoms with E-state index in [1.165, 1.54) is 0 Å². The molecule has 0 unspecified atom stereocenters. The SMILES string of the molecule is S.S.[C-]#[N+][C@@H]1CCCN1C(=O)[C@@H](N)Cc1c[nH]c2ccc(OCC)cc12. The molecular weight excluding hydrogens is 368 g/mol. The third kappa shape index (κ3) is 4.47. The van der Waals surface area contributed by atoms with Crippen LogP contribution >= 0.6 is 27.0 Å². The number of likely N-dealkylation sites (tertiary alicyclic amines) is 1. The average molecular weight is 395 g/mol. The van der Waals surface area contributed by atoms with Crippen molar-refractivity contribution < 1.29 is 9.53 Å². The predicted molar refractivity (Wildman–Crippen MR) is 113 cm³/mol. The molecule has 0 spiro atoms. The molecule has 2 aromatic rings. The molecule has 1 fully saturated rings. The lowest BCUT2D eigenvalue weighted by molar-refractivity contribution is -0.132. The molecule has 3 N–H and O–H groups in total. The monoisotopic (exact) mass is 394 g/mol. The van der Waals surface area contributed by atoms with E-state index in [4.69, 9.17) is 17.0 Å². The summed E-state index contributed by atoms with van der Waals surface area (Å²) in [7, 11) is 0. The first-order valence-corrected chi connectivity index (χ1v) is 8.29. The van der Waals surface area contributed by atoms with Crippen LogP contribution in [0.5, 0.6) is 5.75 Å². The Hall–Kier alpha value is -1.82. The highest BCUT2D eigenvalue weighted by atomic mass is 32.1. The molecular formula is C18H26N4O2S2. The molecule has 8 heteroatoms. The van der Waals surface area contributed by atoms with Crippen LogP contribution in [0.15, 0.2) is 24.4 Å². The summed E-state index contributed by atoms with van der Waals surface area (Å²) < 4.78 is 5.55. The lowest BCUT2D eigenvalue weighted by Crippen LogP contribution is -2.46. The molecule has 1 aliphatic rings. The van der Waals surface area contributed by atoms with Gasteiger partial charge in [0, 0.05) is 30.1 Å². The van der Waals surface area contributed by atoms with Crippen LogP contribution in [0.25, 0.3) is 15.7 Å². The number of nitrogens with zero attached hydrogens (tertiary/aromatic N) is 2. The minimum absolute atomic E-state index is 0. The molecule has 0 radical (unpaired) electrons. The normalized spacial score (nSPS) is 17.1. The first kappa shape index (κ1) is 22.2. The van der Waals surface area contributed by atoms with E-state index in [0.29, 0.717) is 19.6 Å². The van der Waals surface area contributed by atoms with Crippen LogP contribution in [0.4, 0.5) is 0 Å². The number of H-pyrrole nitrogens is 1. The van der Waals surface area contributed by atoms with Gasteiger partial charge in [-0.3, -0.25) is 14.5 Å². The second-order valence-electron chi connectivity index (χ2n) is 6.05. The van der Waals surface area contributed by atoms with Crippen LogP contribution < -0.4 is 10.5 Å². The van der Waals surface area contributed by atoms with E-state index in [2.05, 4.69) is 9.83 Å². The van der Waals surface area contributed by atoms with Crippen molar-refractivity contribution in [1.82, 2.24) is 9.88 Å². The first-order valence-electron chi connectivity index (χ1n) is 8.29. The van der Waals surface area contributed by atoms with Gasteiger partial charge in [-0.2, -0.15) is 27.0 Å². The van der Waals surface area contributed by atoms with Crippen LogP contribution in [-0.4, -0.2) is 41.2 Å². The molecule has 1 amide bonds. The van der Waals surface area contributed by atoms with Crippen molar-refractivity contribution in [3.05, 3.63) is 41.4 Å². The Morgan fingerprint density at radius 1 is 1.50 bits per heavy atom. The number of nitrogens with one attached hydrogen (secondary N) is 1. The van der Waals surface area contributed by atoms with Gasteiger partial charge in [0.25, 0.3) is 0 Å². The first-order chi connectivity index (χ1) is 11.6. The summed E-state index contributed by atoms with van der Waals surface area (Å²) in [5.41, 5.74) is 8.14. The summed E-state index contributed by atoms with van der Waals surface area (Å²) >= 11 is 0. The third-order valence-electron chi connectivity index (χ3n) is 4.46. The molecule has 3 rings (SSSR count). The largest absolute Gasteiger partial charge is 0.494 e. The van der Waals surface area contributed by atoms with E-state index < -0.39 is 6.04 Å². The van der Waals surface area contributed by atoms with Crippen molar-refractivity contribution in [3.63, 3.8) is 0 Å². The fourth-order valence-electron chi connectivity index (χ4n) is 3.26. The molecule has 1 aliphatic heterocycles. The summed E-state index contributed by atoms with van der Waals surface area (Å²) in [6, 6.07) is 5.22. The zero-order valence-electron chi connectivity index (χ0n) is 14.8. The third-order valence-corrected chi connectivity index (χ3v) is 4.46. The lowest BCUT2D eigenvalue weighted by Gasteiger charge is -2.20. The molecule has 26 heavy (non-hydrogen) atoms. The highest BCUT2D eigenvalue weighted by Crippen LogP contribution is 2.25. The summed E-state index contributed by atoms with van der Waals surface area (Å²) in [6.45, 7) is 10.4. The Bertz CT molecular complexity index is 787. The van der Waals surface area contributed by atoms with Crippen molar-refractivity contribution in [1.29, 1.82) is 0 Å². The molecule has 0 bridgehead atoms. The van der Waals surface area contributed by atoms with E-state index in [-0.39, 0.29) is 39.1 Å². The number of amides is 1. The van der Waals surface area contributed by atoms with E-state index in [0.717, 1.165) is 35.1 Å². The summed E-state index contributed by atoms with van der Waals surface area (Å²) in [6.07, 6.45) is 3.60. The molecule has 1 aromatic heterocycles. The fraction of sp³-hybridized carbons (Fsp3) is 0.444. The number of rotatable bonds is 5. The summed E-state index contributed by atoms with van der Waals surface area (Å²) in [5.74, 6) is 0.669. The van der Waals surface area contributed by atoms with Gasteiger partial charge in [-0.15, -0.1) is 0 Å². The number of fused-ring (bicyclic) bond motifs is 1. The Kier molecular flexibility index (Phi) is 8.34. The van der Waals surface area contributed by atoms with Gasteiger partial charge < -0.3 is 15.5 Å². The van der Waals surface area contributed by atoms with Crippen LogP contribution in [0.3, 0.4) is 0 Å². The van der Waals surface area contributed by atoms with Crippen LogP contribution in [0.2, 0.25) is 0 Å². The van der Waals surface area contributed by atoms with E-state index >= 15 is 0 Å². The maximum atomic E-state index is 12.6. The average Bonchev–Trinajstić information content (AvgIpc) is 3.21. The van der Waals surface area contributed by atoms with Gasteiger partial charge in [0.15, 0.2) is 0 Å². The topological polar surface area (TPSA) is 75.7 Å². The molecule has 1 saturated heterocycles. The lowest BCUT2D eigenvalue weighted by atomic mass is 10.0. The second kappa shape index (κ2) is 9.76. The number of carbonyl (C=O) groups is 1. The van der Waals surface area contributed by atoms with Crippen LogP contribution in [0, 0.1) is 6.57 Å². The van der Waals surface area contributed by atoms with E-state index in [1.54, 1.807) is 4.90 Å². The number of aromatic amines is 1. The number of aromatic nitrogens is 1. The molecule has 2 atom stereocenters. The van der Waals surface area contributed by atoms with Crippen molar-refractivity contribution in [3.8, 4) is 5.75 Å². The van der Waals surface area contributed by atoms with Gasteiger partial charge in [0.2, 0.25) is 5.91 Å². The summed E-state index contributed by atoms with van der Waals surface area (Å²) in [4.78, 5) is 20.9. The van der Waals surface area contributed by atoms with Gasteiger partial charge in [-0.05, 0) is 43.5 Å². The van der Waals surface area contributed by atoms with Crippen molar-refractivity contribution >= 4 is 43.8 Å². The maximum Gasteiger partial charge on any atom is 0.300 e. The number of ether oxygens (including phenoxy) is 1. The maximum absolute atomic E-state index is 12.6. The summed E-state index contributed by atoms with van der Waals surface area (Å²) in [5, 5.41) is 1.02. The van der Waals surface area contributed by atoms with Crippen molar-refractivity contribution in [2.75, 3.05) is 13.2 Å². The molecule has 142 valence electrons. The minimum Gasteiger partial charge on any atom is -0.494 e. The second-order valence-corrected chi connectivity index (χ2v) is 6.05. The van der Waals surface area contributed by atoms with Gasteiger partial charge in [-0.25, -0.2) is 6.57 Å².